The van der Waals surface area contributed by atoms with Gasteiger partial charge in [-0.15, -0.1) is 0 Å². The van der Waals surface area contributed by atoms with E-state index in [-0.39, 0.29) is 11.9 Å². The molecule has 0 saturated heterocycles. The van der Waals surface area contributed by atoms with Gasteiger partial charge in [0.05, 0.1) is 24.8 Å². The van der Waals surface area contributed by atoms with Gasteiger partial charge in [-0.2, -0.15) is 0 Å². The molecule has 92 valence electrons. The Bertz CT molecular complexity index is 571. The van der Waals surface area contributed by atoms with Crippen molar-refractivity contribution in [1.82, 2.24) is 4.57 Å². The van der Waals surface area contributed by atoms with Crippen molar-refractivity contribution in [3.8, 4) is 0 Å². The second-order valence-corrected chi connectivity index (χ2v) is 5.30. The molecule has 0 unspecified atom stereocenters. The third-order valence-electron chi connectivity index (χ3n) is 2.40. The van der Waals surface area contributed by atoms with Crippen LogP contribution in [-0.4, -0.2) is 17.3 Å². The lowest BCUT2D eigenvalue weighted by Gasteiger charge is -2.07. The predicted octanol–water partition coefficient (Wildman–Crippen LogP) is 2.62. The molecule has 0 saturated carbocycles. The number of rotatable bonds is 4. The van der Waals surface area contributed by atoms with Crippen LogP contribution in [0.4, 0.5) is 0 Å². The van der Waals surface area contributed by atoms with E-state index in [0.29, 0.717) is 18.7 Å². The molecule has 4 nitrogen and oxygen atoms in total. The number of benzene rings is 1. The van der Waals surface area contributed by atoms with E-state index in [9.17, 15) is 4.79 Å². The molecule has 0 spiro atoms. The van der Waals surface area contributed by atoms with E-state index < -0.39 is 0 Å². The highest BCUT2D eigenvalue weighted by Gasteiger charge is 2.09. The first-order chi connectivity index (χ1) is 8.08. The maximum Gasteiger partial charge on any atom is 0.420 e. The van der Waals surface area contributed by atoms with E-state index in [1.165, 1.54) is 0 Å². The average molecular weight is 347 g/mol. The highest BCUT2D eigenvalue weighted by atomic mass is 127. The van der Waals surface area contributed by atoms with Crippen LogP contribution >= 0.6 is 22.6 Å². The van der Waals surface area contributed by atoms with Crippen molar-refractivity contribution >= 4 is 33.7 Å². The minimum absolute atomic E-state index is 0.171. The van der Waals surface area contributed by atoms with Gasteiger partial charge in [-0.3, -0.25) is 4.57 Å². The lowest BCUT2D eigenvalue weighted by atomic mass is 10.3. The fourth-order valence-electron chi connectivity index (χ4n) is 1.63. The summed E-state index contributed by atoms with van der Waals surface area (Å²) in [7, 11) is 0. The van der Waals surface area contributed by atoms with E-state index in [1.807, 2.05) is 32.0 Å². The molecule has 0 fully saturated rings. The number of hydrogen-bond donors (Lipinski definition) is 0. The summed E-state index contributed by atoms with van der Waals surface area (Å²) >= 11 is 2.19. The smallest absolute Gasteiger partial charge is 0.408 e. The second-order valence-electron chi connectivity index (χ2n) is 4.05. The number of ether oxygens (including phenoxy) is 1. The third-order valence-corrected chi connectivity index (χ3v) is 3.07. The topological polar surface area (TPSA) is 44.4 Å². The summed E-state index contributed by atoms with van der Waals surface area (Å²) in [5, 5.41) is 0. The van der Waals surface area contributed by atoms with Crippen molar-refractivity contribution in [1.29, 1.82) is 0 Å². The molecule has 0 radical (unpaired) electrons. The summed E-state index contributed by atoms with van der Waals surface area (Å²) in [6.45, 7) is 4.97. The van der Waals surface area contributed by atoms with E-state index in [4.69, 9.17) is 9.15 Å². The van der Waals surface area contributed by atoms with Crippen LogP contribution in [0, 0.1) is 3.57 Å². The molecule has 1 heterocycles. The van der Waals surface area contributed by atoms with Crippen LogP contribution in [0.15, 0.2) is 27.4 Å². The van der Waals surface area contributed by atoms with Crippen molar-refractivity contribution in [2.45, 2.75) is 26.5 Å². The van der Waals surface area contributed by atoms with Gasteiger partial charge in [0.2, 0.25) is 0 Å². The monoisotopic (exact) mass is 347 g/mol. The number of hydrogen-bond acceptors (Lipinski definition) is 3. The highest BCUT2D eigenvalue weighted by Crippen LogP contribution is 2.16. The van der Waals surface area contributed by atoms with Gasteiger partial charge in [-0.25, -0.2) is 4.79 Å². The van der Waals surface area contributed by atoms with Crippen molar-refractivity contribution < 1.29 is 9.15 Å². The quantitative estimate of drug-likeness (QED) is 0.799. The van der Waals surface area contributed by atoms with Crippen LogP contribution in [-0.2, 0) is 11.3 Å². The van der Waals surface area contributed by atoms with Crippen LogP contribution in [0.2, 0.25) is 0 Å². The first kappa shape index (κ1) is 12.6. The maximum absolute atomic E-state index is 11.7. The standard InChI is InChI=1S/C12H14INO3/c1-8(2)16-6-5-14-10-4-3-9(13)7-11(10)17-12(14)15/h3-4,7-8H,5-6H2,1-2H3. The summed E-state index contributed by atoms with van der Waals surface area (Å²) in [5.41, 5.74) is 1.45. The average Bonchev–Trinajstić information content (AvgIpc) is 2.54. The lowest BCUT2D eigenvalue weighted by Crippen LogP contribution is -2.18. The molecule has 1 aromatic heterocycles. The third kappa shape index (κ3) is 2.90. The molecular weight excluding hydrogens is 333 g/mol. The van der Waals surface area contributed by atoms with Gasteiger partial charge in [-0.05, 0) is 54.6 Å². The molecule has 0 aliphatic heterocycles. The Labute approximate surface area is 113 Å². The molecule has 0 N–H and O–H groups in total. The Morgan fingerprint density at radius 2 is 2.24 bits per heavy atom. The molecule has 5 heteroatoms. The molecule has 0 aliphatic carbocycles. The fraction of sp³-hybridized carbons (Fsp3) is 0.417. The molecule has 0 atom stereocenters. The lowest BCUT2D eigenvalue weighted by molar-refractivity contribution is 0.0723. The van der Waals surface area contributed by atoms with Gasteiger partial charge < -0.3 is 9.15 Å². The molecule has 2 aromatic rings. The predicted molar refractivity (Wildman–Crippen MR) is 74.3 cm³/mol. The molecule has 0 aliphatic rings. The van der Waals surface area contributed by atoms with Crippen LogP contribution in [0.25, 0.3) is 11.1 Å². The number of aromatic nitrogens is 1. The summed E-state index contributed by atoms with van der Waals surface area (Å²) < 4.78 is 13.3. The van der Waals surface area contributed by atoms with Gasteiger partial charge in [0.25, 0.3) is 0 Å². The van der Waals surface area contributed by atoms with E-state index >= 15 is 0 Å². The molecule has 0 amide bonds. The number of nitrogens with zero attached hydrogens (tertiary/aromatic N) is 1. The summed E-state index contributed by atoms with van der Waals surface area (Å²) in [4.78, 5) is 11.7. The summed E-state index contributed by atoms with van der Waals surface area (Å²) in [6, 6.07) is 5.71. The van der Waals surface area contributed by atoms with Crippen molar-refractivity contribution in [2.75, 3.05) is 6.61 Å². The molecule has 2 rings (SSSR count). The Morgan fingerprint density at radius 1 is 1.47 bits per heavy atom. The first-order valence-electron chi connectivity index (χ1n) is 5.48. The van der Waals surface area contributed by atoms with Crippen molar-refractivity contribution in [3.05, 3.63) is 32.3 Å². The number of fused-ring (bicyclic) bond motifs is 1. The van der Waals surface area contributed by atoms with Gasteiger partial charge in [-0.1, -0.05) is 0 Å². The van der Waals surface area contributed by atoms with Crippen LogP contribution < -0.4 is 5.76 Å². The van der Waals surface area contributed by atoms with E-state index in [0.717, 1.165) is 9.09 Å². The van der Waals surface area contributed by atoms with Gasteiger partial charge in [0.15, 0.2) is 5.58 Å². The molecular formula is C12H14INO3. The van der Waals surface area contributed by atoms with Gasteiger partial charge >= 0.3 is 5.76 Å². The maximum atomic E-state index is 11.7. The normalized spacial score (nSPS) is 11.5. The van der Waals surface area contributed by atoms with E-state index in [1.54, 1.807) is 4.57 Å². The minimum atomic E-state index is -0.325. The zero-order valence-corrected chi connectivity index (χ0v) is 11.9. The number of oxazole rings is 1. The summed E-state index contributed by atoms with van der Waals surface area (Å²) in [5.74, 6) is -0.325. The largest absolute Gasteiger partial charge is 0.420 e. The van der Waals surface area contributed by atoms with Crippen LogP contribution in [0.5, 0.6) is 0 Å². The van der Waals surface area contributed by atoms with Crippen molar-refractivity contribution in [3.63, 3.8) is 0 Å². The van der Waals surface area contributed by atoms with Crippen LogP contribution in [0.3, 0.4) is 0 Å². The molecule has 17 heavy (non-hydrogen) atoms. The van der Waals surface area contributed by atoms with Crippen molar-refractivity contribution in [2.24, 2.45) is 0 Å². The molecule has 1 aromatic carbocycles. The Balaban J connectivity index is 2.27. The van der Waals surface area contributed by atoms with Gasteiger partial charge in [0, 0.05) is 3.57 Å². The second kappa shape index (κ2) is 5.22. The Morgan fingerprint density at radius 3 is 2.94 bits per heavy atom. The minimum Gasteiger partial charge on any atom is -0.408 e. The zero-order valence-electron chi connectivity index (χ0n) is 9.77. The summed E-state index contributed by atoms with van der Waals surface area (Å²) in [6.07, 6.45) is 0.171. The highest BCUT2D eigenvalue weighted by molar-refractivity contribution is 14.1. The number of halogens is 1. The van der Waals surface area contributed by atoms with E-state index in [2.05, 4.69) is 22.6 Å². The molecule has 0 bridgehead atoms. The first-order valence-corrected chi connectivity index (χ1v) is 6.56. The Hall–Kier alpha value is -0.820. The Kier molecular flexibility index (Phi) is 3.88. The van der Waals surface area contributed by atoms with Crippen LogP contribution in [0.1, 0.15) is 13.8 Å². The van der Waals surface area contributed by atoms with Gasteiger partial charge in [0.1, 0.15) is 0 Å². The SMILES string of the molecule is CC(C)OCCn1c(=O)oc2cc(I)ccc21. The fourth-order valence-corrected chi connectivity index (χ4v) is 2.09. The zero-order chi connectivity index (χ0) is 12.4.